The molecule has 1 fully saturated rings. The fourth-order valence-corrected chi connectivity index (χ4v) is 2.69. The summed E-state index contributed by atoms with van der Waals surface area (Å²) in [5.74, 6) is 0. The van der Waals surface area contributed by atoms with E-state index in [0.717, 1.165) is 30.8 Å². The number of aryl methyl sites for hydroxylation is 2. The van der Waals surface area contributed by atoms with Crippen molar-refractivity contribution in [2.45, 2.75) is 71.2 Å². The highest BCUT2D eigenvalue weighted by molar-refractivity contribution is 5.07. The monoisotopic (exact) mass is 251 g/mol. The van der Waals surface area contributed by atoms with E-state index >= 15 is 0 Å². The van der Waals surface area contributed by atoms with Crippen LogP contribution in [0.2, 0.25) is 0 Å². The molecule has 2 N–H and O–H groups in total. The number of hydrogen-bond acceptors (Lipinski definition) is 3. The molecule has 4 heteroatoms. The fraction of sp³-hybridized carbons (Fsp3) is 0.786. The summed E-state index contributed by atoms with van der Waals surface area (Å²) in [6.07, 6.45) is 6.18. The first kappa shape index (κ1) is 13.6. The summed E-state index contributed by atoms with van der Waals surface area (Å²) < 4.78 is 8.04. The Morgan fingerprint density at radius 1 is 1.39 bits per heavy atom. The van der Waals surface area contributed by atoms with E-state index in [1.54, 1.807) is 0 Å². The highest BCUT2D eigenvalue weighted by Crippen LogP contribution is 2.20. The van der Waals surface area contributed by atoms with Crippen LogP contribution >= 0.6 is 0 Å². The maximum absolute atomic E-state index is 6.17. The van der Waals surface area contributed by atoms with E-state index in [1.807, 2.05) is 11.6 Å². The van der Waals surface area contributed by atoms with Crippen molar-refractivity contribution in [2.24, 2.45) is 5.73 Å². The van der Waals surface area contributed by atoms with Crippen molar-refractivity contribution >= 4 is 0 Å². The van der Waals surface area contributed by atoms with Gasteiger partial charge >= 0.3 is 0 Å². The summed E-state index contributed by atoms with van der Waals surface area (Å²) in [6.45, 7) is 5.65. The van der Waals surface area contributed by atoms with Crippen LogP contribution in [0.4, 0.5) is 0 Å². The highest BCUT2D eigenvalue weighted by atomic mass is 16.5. The number of ether oxygens (including phenoxy) is 1. The van der Waals surface area contributed by atoms with Gasteiger partial charge in [-0.3, -0.25) is 4.68 Å². The standard InChI is InChI=1S/C14H25N3O/c1-3-17-12(9-11(2)16-17)10-18-14-8-6-4-5-7-13(14)15/h9,13-14H,3-8,10,15H2,1-2H3. The summed E-state index contributed by atoms with van der Waals surface area (Å²) in [6, 6.07) is 2.30. The third kappa shape index (κ3) is 3.33. The minimum Gasteiger partial charge on any atom is -0.370 e. The SMILES string of the molecule is CCn1nc(C)cc1COC1CCCCCC1N. The number of nitrogens with zero attached hydrogens (tertiary/aromatic N) is 2. The summed E-state index contributed by atoms with van der Waals surface area (Å²) in [5.41, 5.74) is 8.39. The zero-order valence-electron chi connectivity index (χ0n) is 11.6. The predicted molar refractivity (Wildman–Crippen MR) is 72.3 cm³/mol. The number of nitrogens with two attached hydrogens (primary N) is 1. The first-order valence-electron chi connectivity index (χ1n) is 7.11. The number of aromatic nitrogens is 2. The van der Waals surface area contributed by atoms with Crippen molar-refractivity contribution in [3.05, 3.63) is 17.5 Å². The van der Waals surface area contributed by atoms with Gasteiger partial charge in [-0.05, 0) is 32.8 Å². The fourth-order valence-electron chi connectivity index (χ4n) is 2.69. The van der Waals surface area contributed by atoms with Crippen molar-refractivity contribution in [3.8, 4) is 0 Å². The predicted octanol–water partition coefficient (Wildman–Crippen LogP) is 2.39. The maximum atomic E-state index is 6.17. The molecule has 2 rings (SSSR count). The van der Waals surface area contributed by atoms with Gasteiger partial charge in [0.25, 0.3) is 0 Å². The van der Waals surface area contributed by atoms with Crippen molar-refractivity contribution in [2.75, 3.05) is 0 Å². The van der Waals surface area contributed by atoms with Crippen molar-refractivity contribution in [1.82, 2.24) is 9.78 Å². The lowest BCUT2D eigenvalue weighted by molar-refractivity contribution is 0.0161. The van der Waals surface area contributed by atoms with Crippen molar-refractivity contribution in [1.29, 1.82) is 0 Å². The number of rotatable bonds is 4. The van der Waals surface area contributed by atoms with Gasteiger partial charge in [-0.15, -0.1) is 0 Å². The minimum absolute atomic E-state index is 0.201. The molecule has 102 valence electrons. The molecule has 2 unspecified atom stereocenters. The molecular weight excluding hydrogens is 226 g/mol. The molecule has 0 spiro atoms. The lowest BCUT2D eigenvalue weighted by atomic mass is 10.1. The van der Waals surface area contributed by atoms with Gasteiger partial charge in [-0.1, -0.05) is 19.3 Å². The normalized spacial score (nSPS) is 25.1. The summed E-state index contributed by atoms with van der Waals surface area (Å²) in [4.78, 5) is 0. The lowest BCUT2D eigenvalue weighted by Gasteiger charge is -2.21. The number of hydrogen-bond donors (Lipinski definition) is 1. The van der Waals surface area contributed by atoms with Gasteiger partial charge in [0, 0.05) is 12.6 Å². The zero-order valence-corrected chi connectivity index (χ0v) is 11.6. The van der Waals surface area contributed by atoms with Gasteiger partial charge in [0.15, 0.2) is 0 Å². The molecule has 0 amide bonds. The Bertz CT molecular complexity index is 375. The molecule has 1 aliphatic rings. The molecule has 0 radical (unpaired) electrons. The molecule has 0 aliphatic heterocycles. The third-order valence-electron chi connectivity index (χ3n) is 3.73. The zero-order chi connectivity index (χ0) is 13.0. The van der Waals surface area contributed by atoms with Crippen LogP contribution in [-0.2, 0) is 17.9 Å². The molecule has 0 bridgehead atoms. The van der Waals surface area contributed by atoms with Crippen molar-refractivity contribution < 1.29 is 4.74 Å². The van der Waals surface area contributed by atoms with Crippen LogP contribution in [0.15, 0.2) is 6.07 Å². The Hall–Kier alpha value is -0.870. The summed E-state index contributed by atoms with van der Waals surface area (Å²) in [5, 5.41) is 4.44. The van der Waals surface area contributed by atoms with Crippen molar-refractivity contribution in [3.63, 3.8) is 0 Å². The van der Waals surface area contributed by atoms with Crippen LogP contribution < -0.4 is 5.73 Å². The topological polar surface area (TPSA) is 53.1 Å². The van der Waals surface area contributed by atoms with Gasteiger partial charge in [0.2, 0.25) is 0 Å². The van der Waals surface area contributed by atoms with Gasteiger partial charge in [-0.2, -0.15) is 5.10 Å². The van der Waals surface area contributed by atoms with Gasteiger partial charge < -0.3 is 10.5 Å². The second-order valence-electron chi connectivity index (χ2n) is 5.24. The molecule has 1 heterocycles. The summed E-state index contributed by atoms with van der Waals surface area (Å²) in [7, 11) is 0. The molecule has 1 saturated carbocycles. The molecule has 18 heavy (non-hydrogen) atoms. The summed E-state index contributed by atoms with van der Waals surface area (Å²) >= 11 is 0. The van der Waals surface area contributed by atoms with E-state index in [4.69, 9.17) is 10.5 Å². The van der Waals surface area contributed by atoms with Crippen LogP contribution in [0.3, 0.4) is 0 Å². The van der Waals surface area contributed by atoms with Gasteiger partial charge in [-0.25, -0.2) is 0 Å². The molecule has 1 aromatic rings. The quantitative estimate of drug-likeness (QED) is 0.836. The van der Waals surface area contributed by atoms with E-state index < -0.39 is 0 Å². The first-order valence-corrected chi connectivity index (χ1v) is 7.11. The Labute approximate surface area is 110 Å². The molecular formula is C14H25N3O. The largest absolute Gasteiger partial charge is 0.370 e. The average Bonchev–Trinajstić information content (AvgIpc) is 2.59. The molecule has 0 aromatic carbocycles. The highest BCUT2D eigenvalue weighted by Gasteiger charge is 2.21. The Kier molecular flexibility index (Phi) is 4.78. The van der Waals surface area contributed by atoms with Crippen LogP contribution in [0.5, 0.6) is 0 Å². The molecule has 1 aliphatic carbocycles. The van der Waals surface area contributed by atoms with E-state index in [9.17, 15) is 0 Å². The Balaban J connectivity index is 1.93. The average molecular weight is 251 g/mol. The van der Waals surface area contributed by atoms with E-state index in [1.165, 1.54) is 19.3 Å². The van der Waals surface area contributed by atoms with Gasteiger partial charge in [0.1, 0.15) is 0 Å². The minimum atomic E-state index is 0.201. The molecule has 4 nitrogen and oxygen atoms in total. The van der Waals surface area contributed by atoms with Crippen LogP contribution in [0.25, 0.3) is 0 Å². The van der Waals surface area contributed by atoms with E-state index in [2.05, 4.69) is 18.1 Å². The third-order valence-corrected chi connectivity index (χ3v) is 3.73. The van der Waals surface area contributed by atoms with Crippen LogP contribution in [0.1, 0.15) is 50.4 Å². The van der Waals surface area contributed by atoms with Crippen LogP contribution in [0, 0.1) is 6.92 Å². The van der Waals surface area contributed by atoms with Crippen LogP contribution in [-0.4, -0.2) is 21.9 Å². The second kappa shape index (κ2) is 6.34. The smallest absolute Gasteiger partial charge is 0.0889 e. The maximum Gasteiger partial charge on any atom is 0.0889 e. The second-order valence-corrected chi connectivity index (χ2v) is 5.24. The van der Waals surface area contributed by atoms with E-state index in [-0.39, 0.29) is 12.1 Å². The Morgan fingerprint density at radius 3 is 2.94 bits per heavy atom. The molecule has 1 aromatic heterocycles. The van der Waals surface area contributed by atoms with Gasteiger partial charge in [0.05, 0.1) is 24.1 Å². The first-order chi connectivity index (χ1) is 8.70. The Morgan fingerprint density at radius 2 is 2.17 bits per heavy atom. The van der Waals surface area contributed by atoms with E-state index in [0.29, 0.717) is 6.61 Å². The lowest BCUT2D eigenvalue weighted by Crippen LogP contribution is -2.35. The molecule has 2 atom stereocenters. The molecule has 0 saturated heterocycles.